The third-order valence-corrected chi connectivity index (χ3v) is 0.514. The van der Waals surface area contributed by atoms with Gasteiger partial charge in [-0.1, -0.05) is 6.08 Å². The predicted octanol–water partition coefficient (Wildman–Crippen LogP) is -0.0862. The molecule has 0 spiro atoms. The Bertz CT molecular complexity index is 49.0. The molecule has 0 aliphatic rings. The Kier molecular flexibility index (Phi) is 8.54. The van der Waals surface area contributed by atoms with E-state index >= 15 is 0 Å². The molecule has 0 fully saturated rings. The average molecular weight is 124 g/mol. The Morgan fingerprint density at radius 1 is 1.86 bits per heavy atom. The third-order valence-electron chi connectivity index (χ3n) is 0.514. The minimum absolute atomic E-state index is 0. The monoisotopic (exact) mass is 123 g/mol. The summed E-state index contributed by atoms with van der Waals surface area (Å²) in [5.74, 6) is 0. The van der Waals surface area contributed by atoms with E-state index in [0.29, 0.717) is 0 Å². The van der Waals surface area contributed by atoms with Crippen LogP contribution in [0.4, 0.5) is 0 Å². The first-order valence-electron chi connectivity index (χ1n) is 1.82. The summed E-state index contributed by atoms with van der Waals surface area (Å²) in [7, 11) is 0. The lowest BCUT2D eigenvalue weighted by Crippen LogP contribution is -2.15. The van der Waals surface area contributed by atoms with Gasteiger partial charge in [0.15, 0.2) is 0 Å². The van der Waals surface area contributed by atoms with E-state index in [1.54, 1.807) is 0 Å². The van der Waals surface area contributed by atoms with Crippen molar-refractivity contribution in [1.29, 1.82) is 0 Å². The Labute approximate surface area is 49.4 Å². The number of hydrogen-bond donors (Lipinski definition) is 2. The molecule has 0 aliphatic heterocycles. The Morgan fingerprint density at radius 3 is 2.29 bits per heavy atom. The molecule has 0 aliphatic carbocycles. The van der Waals surface area contributed by atoms with Crippen molar-refractivity contribution in [3.05, 3.63) is 12.7 Å². The lowest BCUT2D eigenvalue weighted by atomic mass is 10.4. The molecule has 0 amide bonds. The van der Waals surface area contributed by atoms with Crippen LogP contribution in [0.5, 0.6) is 0 Å². The number of hydrogen-bond acceptors (Lipinski definition) is 2. The SMILES string of the molecule is C=C[C@H](O)CN.Cl. The first kappa shape index (κ1) is 10.0. The molecule has 0 heterocycles. The highest BCUT2D eigenvalue weighted by molar-refractivity contribution is 5.85. The fourth-order valence-electron chi connectivity index (χ4n) is 0.0962. The van der Waals surface area contributed by atoms with Gasteiger partial charge in [0.2, 0.25) is 0 Å². The lowest BCUT2D eigenvalue weighted by Gasteiger charge is -1.93. The molecule has 3 heteroatoms. The molecule has 0 saturated carbocycles. The fraction of sp³-hybridized carbons (Fsp3) is 0.500. The van der Waals surface area contributed by atoms with Gasteiger partial charge in [0, 0.05) is 6.54 Å². The van der Waals surface area contributed by atoms with E-state index in [1.165, 1.54) is 6.08 Å². The van der Waals surface area contributed by atoms with Crippen molar-refractivity contribution in [3.63, 3.8) is 0 Å². The van der Waals surface area contributed by atoms with Gasteiger partial charge in [0.05, 0.1) is 6.10 Å². The summed E-state index contributed by atoms with van der Waals surface area (Å²) in [5.41, 5.74) is 4.96. The van der Waals surface area contributed by atoms with Gasteiger partial charge >= 0.3 is 0 Å². The Morgan fingerprint density at radius 2 is 2.29 bits per heavy atom. The minimum atomic E-state index is -0.523. The van der Waals surface area contributed by atoms with E-state index in [1.807, 2.05) is 0 Å². The normalized spacial score (nSPS) is 11.7. The number of rotatable bonds is 2. The van der Waals surface area contributed by atoms with Gasteiger partial charge in [-0.3, -0.25) is 0 Å². The molecular formula is C4H10ClNO. The van der Waals surface area contributed by atoms with Crippen LogP contribution < -0.4 is 5.73 Å². The Balaban J connectivity index is 0. The maximum atomic E-state index is 8.42. The molecule has 0 radical (unpaired) electrons. The number of aliphatic hydroxyl groups excluding tert-OH is 1. The molecular weight excluding hydrogens is 114 g/mol. The summed E-state index contributed by atoms with van der Waals surface area (Å²) in [6.45, 7) is 3.57. The zero-order valence-corrected chi connectivity index (χ0v) is 4.82. The second-order valence-corrected chi connectivity index (χ2v) is 1.04. The van der Waals surface area contributed by atoms with Crippen LogP contribution in [0.25, 0.3) is 0 Å². The van der Waals surface area contributed by atoms with Crippen molar-refractivity contribution in [2.45, 2.75) is 6.10 Å². The maximum Gasteiger partial charge on any atom is 0.0840 e. The molecule has 0 aromatic rings. The summed E-state index contributed by atoms with van der Waals surface area (Å²) in [6.07, 6.45) is 0.880. The van der Waals surface area contributed by atoms with Crippen molar-refractivity contribution in [2.75, 3.05) is 6.54 Å². The zero-order chi connectivity index (χ0) is 4.99. The molecule has 0 aromatic carbocycles. The van der Waals surface area contributed by atoms with Crippen molar-refractivity contribution in [1.82, 2.24) is 0 Å². The average Bonchev–Trinajstić information content (AvgIpc) is 1.65. The van der Waals surface area contributed by atoms with Crippen molar-refractivity contribution in [3.8, 4) is 0 Å². The third kappa shape index (κ3) is 5.95. The zero-order valence-electron chi connectivity index (χ0n) is 4.00. The molecule has 0 rings (SSSR count). The highest BCUT2D eigenvalue weighted by Crippen LogP contribution is 1.73. The maximum absolute atomic E-state index is 8.42. The summed E-state index contributed by atoms with van der Waals surface area (Å²) < 4.78 is 0. The highest BCUT2D eigenvalue weighted by atomic mass is 35.5. The van der Waals surface area contributed by atoms with Gasteiger partial charge in [-0.05, 0) is 0 Å². The van der Waals surface area contributed by atoms with E-state index in [4.69, 9.17) is 10.8 Å². The van der Waals surface area contributed by atoms with E-state index in [2.05, 4.69) is 6.58 Å². The molecule has 44 valence electrons. The van der Waals surface area contributed by atoms with E-state index in [0.717, 1.165) is 0 Å². The fourth-order valence-corrected chi connectivity index (χ4v) is 0.0962. The summed E-state index contributed by atoms with van der Waals surface area (Å²) in [6, 6.07) is 0. The van der Waals surface area contributed by atoms with Crippen molar-refractivity contribution < 1.29 is 5.11 Å². The quantitative estimate of drug-likeness (QED) is 0.505. The van der Waals surface area contributed by atoms with Gasteiger partial charge in [-0.2, -0.15) is 0 Å². The molecule has 3 N–H and O–H groups in total. The first-order chi connectivity index (χ1) is 2.81. The van der Waals surface area contributed by atoms with Crippen LogP contribution in [0.1, 0.15) is 0 Å². The van der Waals surface area contributed by atoms with Crippen LogP contribution in [-0.4, -0.2) is 17.8 Å². The van der Waals surface area contributed by atoms with Crippen LogP contribution in [-0.2, 0) is 0 Å². The smallest absolute Gasteiger partial charge is 0.0840 e. The van der Waals surface area contributed by atoms with E-state index in [9.17, 15) is 0 Å². The topological polar surface area (TPSA) is 46.2 Å². The van der Waals surface area contributed by atoms with Crippen LogP contribution >= 0.6 is 12.4 Å². The summed E-state index contributed by atoms with van der Waals surface area (Å²) in [5, 5.41) is 8.42. The van der Waals surface area contributed by atoms with E-state index < -0.39 is 6.10 Å². The second kappa shape index (κ2) is 5.95. The number of aliphatic hydroxyl groups is 1. The second-order valence-electron chi connectivity index (χ2n) is 1.04. The molecule has 2 nitrogen and oxygen atoms in total. The lowest BCUT2D eigenvalue weighted by molar-refractivity contribution is 0.232. The standard InChI is InChI=1S/C4H9NO.ClH/c1-2-4(6)3-5;/h2,4,6H,1,3,5H2;1H/t4-;/m0./s1. The molecule has 0 saturated heterocycles. The largest absolute Gasteiger partial charge is 0.388 e. The highest BCUT2D eigenvalue weighted by Gasteiger charge is 1.86. The van der Waals surface area contributed by atoms with Crippen LogP contribution in [0.3, 0.4) is 0 Å². The molecule has 0 unspecified atom stereocenters. The van der Waals surface area contributed by atoms with Crippen LogP contribution in [0.2, 0.25) is 0 Å². The van der Waals surface area contributed by atoms with Gasteiger partial charge < -0.3 is 10.8 Å². The summed E-state index contributed by atoms with van der Waals surface area (Å²) in [4.78, 5) is 0. The van der Waals surface area contributed by atoms with Crippen molar-refractivity contribution in [2.24, 2.45) is 5.73 Å². The molecule has 1 atom stereocenters. The van der Waals surface area contributed by atoms with E-state index in [-0.39, 0.29) is 19.0 Å². The van der Waals surface area contributed by atoms with Gasteiger partial charge in [0.25, 0.3) is 0 Å². The van der Waals surface area contributed by atoms with Gasteiger partial charge in [-0.15, -0.1) is 19.0 Å². The van der Waals surface area contributed by atoms with Crippen LogP contribution in [0.15, 0.2) is 12.7 Å². The molecule has 0 aromatic heterocycles. The molecule has 0 bridgehead atoms. The number of nitrogens with two attached hydrogens (primary N) is 1. The van der Waals surface area contributed by atoms with Gasteiger partial charge in [0.1, 0.15) is 0 Å². The predicted molar refractivity (Wildman–Crippen MR) is 32.5 cm³/mol. The minimum Gasteiger partial charge on any atom is -0.388 e. The molecule has 7 heavy (non-hydrogen) atoms. The Hall–Kier alpha value is -0.0500. The van der Waals surface area contributed by atoms with Crippen LogP contribution in [0, 0.1) is 0 Å². The van der Waals surface area contributed by atoms with Gasteiger partial charge in [-0.25, -0.2) is 0 Å². The van der Waals surface area contributed by atoms with Crippen molar-refractivity contribution >= 4 is 12.4 Å². The summed E-state index contributed by atoms with van der Waals surface area (Å²) >= 11 is 0. The first-order valence-corrected chi connectivity index (χ1v) is 1.82. The number of halogens is 1.